The monoisotopic (exact) mass is 232 g/mol. The summed E-state index contributed by atoms with van der Waals surface area (Å²) in [5.74, 6) is -0.0588. The van der Waals surface area contributed by atoms with Crippen molar-refractivity contribution in [3.8, 4) is 0 Å². The maximum Gasteiger partial charge on any atom is 0.205 e. The molecule has 0 unspecified atom stereocenters. The summed E-state index contributed by atoms with van der Waals surface area (Å²) in [6.07, 6.45) is 1.38. The Bertz CT molecular complexity index is 406. The van der Waals surface area contributed by atoms with Crippen LogP contribution < -0.4 is 0 Å². The Kier molecular flexibility index (Phi) is 3.88. The number of benzene rings is 1. The number of hydrogen-bond donors (Lipinski definition) is 0. The van der Waals surface area contributed by atoms with Crippen molar-refractivity contribution in [3.63, 3.8) is 0 Å². The van der Waals surface area contributed by atoms with Crippen molar-refractivity contribution in [2.45, 2.75) is 6.92 Å². The Balaban J connectivity index is 1.96. The molecule has 1 aliphatic rings. The number of ether oxygens (including phenoxy) is 1. The minimum Gasteiger partial charge on any atom is -0.378 e. The number of aryl methyl sites for hydroxylation is 1. The smallest absolute Gasteiger partial charge is 0.205 e. The Hall–Kier alpha value is -1.68. The number of hydrogen-bond acceptors (Lipinski definition) is 4. The number of carbonyl (C=O) groups excluding carboxylic acids is 1. The van der Waals surface area contributed by atoms with Gasteiger partial charge in [0.1, 0.15) is 0 Å². The van der Waals surface area contributed by atoms with Crippen LogP contribution in [0, 0.1) is 6.92 Å². The normalized spacial score (nSPS) is 16.4. The second-order valence-electron chi connectivity index (χ2n) is 4.04. The van der Waals surface area contributed by atoms with E-state index in [0.717, 1.165) is 18.7 Å². The van der Waals surface area contributed by atoms with Gasteiger partial charge in [-0.05, 0) is 6.92 Å². The second kappa shape index (κ2) is 5.59. The minimum absolute atomic E-state index is 0.0588. The molecule has 1 aromatic rings. The molecule has 0 radical (unpaired) electrons. The van der Waals surface area contributed by atoms with E-state index >= 15 is 0 Å². The van der Waals surface area contributed by atoms with Crippen molar-refractivity contribution >= 4 is 12.0 Å². The standard InChI is InChI=1S/C13H16N2O2/c1-11-2-4-12(5-3-11)13(16)10-14-15-6-8-17-9-7-15/h2-5,10H,6-9H2,1H3. The molecule has 2 rings (SSSR count). The van der Waals surface area contributed by atoms with Crippen LogP contribution in [0.4, 0.5) is 0 Å². The maximum absolute atomic E-state index is 11.8. The van der Waals surface area contributed by atoms with Crippen molar-refractivity contribution in [3.05, 3.63) is 35.4 Å². The molecular weight excluding hydrogens is 216 g/mol. The molecule has 0 amide bonds. The fourth-order valence-electron chi connectivity index (χ4n) is 1.60. The highest BCUT2D eigenvalue weighted by Gasteiger charge is 2.08. The minimum atomic E-state index is -0.0588. The number of rotatable bonds is 3. The molecule has 1 heterocycles. The molecule has 0 bridgehead atoms. The molecule has 0 aliphatic carbocycles. The molecule has 4 nitrogen and oxygen atoms in total. The van der Waals surface area contributed by atoms with Crippen LogP contribution in [-0.4, -0.2) is 43.3 Å². The first kappa shape index (κ1) is 11.8. The quantitative estimate of drug-likeness (QED) is 0.586. The summed E-state index contributed by atoms with van der Waals surface area (Å²) in [5, 5.41) is 6.02. The van der Waals surface area contributed by atoms with Crippen LogP contribution in [0.15, 0.2) is 29.4 Å². The molecule has 0 atom stereocenters. The third-order valence-electron chi connectivity index (χ3n) is 2.66. The van der Waals surface area contributed by atoms with Gasteiger partial charge in [0.05, 0.1) is 32.5 Å². The van der Waals surface area contributed by atoms with E-state index in [1.165, 1.54) is 6.21 Å². The molecule has 1 aliphatic heterocycles. The van der Waals surface area contributed by atoms with E-state index < -0.39 is 0 Å². The van der Waals surface area contributed by atoms with Crippen LogP contribution in [0.1, 0.15) is 15.9 Å². The van der Waals surface area contributed by atoms with Gasteiger partial charge in [-0.3, -0.25) is 9.80 Å². The van der Waals surface area contributed by atoms with Crippen LogP contribution in [0.3, 0.4) is 0 Å². The van der Waals surface area contributed by atoms with Gasteiger partial charge in [-0.1, -0.05) is 29.8 Å². The summed E-state index contributed by atoms with van der Waals surface area (Å²) >= 11 is 0. The maximum atomic E-state index is 11.8. The van der Waals surface area contributed by atoms with E-state index in [4.69, 9.17) is 4.74 Å². The number of carbonyl (C=O) groups is 1. The van der Waals surface area contributed by atoms with Gasteiger partial charge >= 0.3 is 0 Å². The summed E-state index contributed by atoms with van der Waals surface area (Å²) in [4.78, 5) is 11.8. The Morgan fingerprint density at radius 3 is 2.59 bits per heavy atom. The lowest BCUT2D eigenvalue weighted by Gasteiger charge is -2.23. The van der Waals surface area contributed by atoms with E-state index in [0.29, 0.717) is 18.8 Å². The molecule has 0 saturated carbocycles. The van der Waals surface area contributed by atoms with E-state index in [9.17, 15) is 4.79 Å². The highest BCUT2D eigenvalue weighted by molar-refractivity contribution is 6.35. The summed E-state index contributed by atoms with van der Waals surface area (Å²) in [6, 6.07) is 7.50. The number of ketones is 1. The topological polar surface area (TPSA) is 41.9 Å². The van der Waals surface area contributed by atoms with Gasteiger partial charge in [0.25, 0.3) is 0 Å². The molecule has 4 heteroatoms. The zero-order chi connectivity index (χ0) is 12.1. The second-order valence-corrected chi connectivity index (χ2v) is 4.04. The lowest BCUT2D eigenvalue weighted by atomic mass is 10.1. The van der Waals surface area contributed by atoms with Crippen LogP contribution in [0.5, 0.6) is 0 Å². The Labute approximate surface area is 101 Å². The van der Waals surface area contributed by atoms with Crippen molar-refractivity contribution in [2.24, 2.45) is 5.10 Å². The molecule has 0 N–H and O–H groups in total. The summed E-state index contributed by atoms with van der Waals surface area (Å²) in [6.45, 7) is 4.84. The van der Waals surface area contributed by atoms with Crippen molar-refractivity contribution in [1.29, 1.82) is 0 Å². The van der Waals surface area contributed by atoms with Gasteiger partial charge in [-0.15, -0.1) is 0 Å². The highest BCUT2D eigenvalue weighted by atomic mass is 16.5. The van der Waals surface area contributed by atoms with Crippen LogP contribution >= 0.6 is 0 Å². The fraction of sp³-hybridized carbons (Fsp3) is 0.385. The zero-order valence-corrected chi connectivity index (χ0v) is 9.93. The summed E-state index contributed by atoms with van der Waals surface area (Å²) in [7, 11) is 0. The molecule has 1 aromatic carbocycles. The number of hydrazone groups is 1. The summed E-state index contributed by atoms with van der Waals surface area (Å²) < 4.78 is 5.20. The summed E-state index contributed by atoms with van der Waals surface area (Å²) in [5.41, 5.74) is 1.82. The SMILES string of the molecule is Cc1ccc(C(=O)C=NN2CCOCC2)cc1. The Morgan fingerprint density at radius 1 is 1.29 bits per heavy atom. The van der Waals surface area contributed by atoms with Crippen LogP contribution in [0.25, 0.3) is 0 Å². The van der Waals surface area contributed by atoms with E-state index in [-0.39, 0.29) is 5.78 Å². The van der Waals surface area contributed by atoms with E-state index in [1.807, 2.05) is 36.2 Å². The lowest BCUT2D eigenvalue weighted by molar-refractivity contribution is 0.0395. The molecule has 0 spiro atoms. The average Bonchev–Trinajstić information content (AvgIpc) is 2.38. The number of morpholine rings is 1. The Morgan fingerprint density at radius 2 is 1.94 bits per heavy atom. The third kappa shape index (κ3) is 3.39. The van der Waals surface area contributed by atoms with E-state index in [1.54, 1.807) is 0 Å². The van der Waals surface area contributed by atoms with Crippen molar-refractivity contribution in [1.82, 2.24) is 5.01 Å². The van der Waals surface area contributed by atoms with Gasteiger partial charge in [0.2, 0.25) is 5.78 Å². The highest BCUT2D eigenvalue weighted by Crippen LogP contribution is 2.03. The largest absolute Gasteiger partial charge is 0.378 e. The lowest BCUT2D eigenvalue weighted by Crippen LogP contribution is -2.32. The first-order valence-corrected chi connectivity index (χ1v) is 5.73. The van der Waals surface area contributed by atoms with Gasteiger partial charge in [0.15, 0.2) is 0 Å². The molecule has 90 valence electrons. The number of Topliss-reactive ketones (excluding diaryl/α,β-unsaturated/α-hetero) is 1. The van der Waals surface area contributed by atoms with Gasteiger partial charge in [-0.2, -0.15) is 5.10 Å². The molecule has 0 aromatic heterocycles. The van der Waals surface area contributed by atoms with Crippen LogP contribution in [0.2, 0.25) is 0 Å². The van der Waals surface area contributed by atoms with Gasteiger partial charge in [0, 0.05) is 5.56 Å². The predicted molar refractivity (Wildman–Crippen MR) is 66.4 cm³/mol. The number of nitrogens with zero attached hydrogens (tertiary/aromatic N) is 2. The van der Waals surface area contributed by atoms with Crippen molar-refractivity contribution in [2.75, 3.05) is 26.3 Å². The van der Waals surface area contributed by atoms with Crippen LogP contribution in [-0.2, 0) is 4.74 Å². The molecule has 1 saturated heterocycles. The fourth-order valence-corrected chi connectivity index (χ4v) is 1.60. The average molecular weight is 232 g/mol. The predicted octanol–water partition coefficient (Wildman–Crippen LogP) is 1.50. The van der Waals surface area contributed by atoms with E-state index in [2.05, 4.69) is 5.10 Å². The zero-order valence-electron chi connectivity index (χ0n) is 9.93. The van der Waals surface area contributed by atoms with Gasteiger partial charge < -0.3 is 4.74 Å². The first-order valence-electron chi connectivity index (χ1n) is 5.73. The first-order chi connectivity index (χ1) is 8.25. The molecular formula is C13H16N2O2. The third-order valence-corrected chi connectivity index (χ3v) is 2.66. The van der Waals surface area contributed by atoms with Gasteiger partial charge in [-0.25, -0.2) is 0 Å². The van der Waals surface area contributed by atoms with Crippen molar-refractivity contribution < 1.29 is 9.53 Å². The molecule has 1 fully saturated rings. The molecule has 17 heavy (non-hydrogen) atoms.